The number of carbonyl (C=O) groups excluding carboxylic acids is 1. The van der Waals surface area contributed by atoms with E-state index in [9.17, 15) is 25.1 Å². The van der Waals surface area contributed by atoms with Gasteiger partial charge in [-0.25, -0.2) is 4.79 Å². The summed E-state index contributed by atoms with van der Waals surface area (Å²) in [7, 11) is 1.63. The van der Waals surface area contributed by atoms with Crippen molar-refractivity contribution < 1.29 is 48.5 Å². The molecule has 2 aliphatic carbocycles. The molecule has 1 saturated heterocycles. The minimum absolute atomic E-state index is 0.00119. The first-order chi connectivity index (χ1) is 32.2. The number of unbranched alkanes of at least 4 members (excludes halogenated alkanes) is 2. The van der Waals surface area contributed by atoms with Crippen LogP contribution in [0.4, 0.5) is 10.5 Å². The van der Waals surface area contributed by atoms with Crippen LogP contribution >= 0.6 is 0 Å². The van der Waals surface area contributed by atoms with E-state index < -0.39 is 35.1 Å². The van der Waals surface area contributed by atoms with Crippen LogP contribution in [0, 0.1) is 27.9 Å². The Balaban J connectivity index is 1.25. The number of oxime groups is 1. The van der Waals surface area contributed by atoms with Gasteiger partial charge >= 0.3 is 6.09 Å². The second-order valence-electron chi connectivity index (χ2n) is 17.4. The molecule has 8 rings (SSSR count). The Labute approximate surface area is 385 Å². The van der Waals surface area contributed by atoms with Gasteiger partial charge in [0.15, 0.2) is 0 Å². The summed E-state index contributed by atoms with van der Waals surface area (Å²) in [4.78, 5) is 32.9. The summed E-state index contributed by atoms with van der Waals surface area (Å²) in [5.74, 6) is -0.326. The summed E-state index contributed by atoms with van der Waals surface area (Å²) >= 11 is 0. The van der Waals surface area contributed by atoms with Crippen LogP contribution in [0.3, 0.4) is 0 Å². The number of fused-ring (bicyclic) bond motifs is 2. The molecule has 2 heterocycles. The highest BCUT2D eigenvalue weighted by Gasteiger charge is 2.65. The summed E-state index contributed by atoms with van der Waals surface area (Å²) in [6.07, 6.45) is 9.78. The Morgan fingerprint density at radius 2 is 1.64 bits per heavy atom. The smallest absolute Gasteiger partial charge is 0.415 e. The van der Waals surface area contributed by atoms with Gasteiger partial charge in [0.25, 0.3) is 5.69 Å². The fourth-order valence-electron chi connectivity index (χ4n) is 10.1. The van der Waals surface area contributed by atoms with Crippen LogP contribution in [0.1, 0.15) is 75.7 Å². The molecule has 0 spiro atoms. The number of rotatable bonds is 19. The van der Waals surface area contributed by atoms with Crippen LogP contribution in [0.5, 0.6) is 23.0 Å². The number of hydrogen-bond acceptors (Lipinski definition) is 12. The fourth-order valence-corrected chi connectivity index (χ4v) is 10.1. The third-order valence-corrected chi connectivity index (χ3v) is 13.3. The van der Waals surface area contributed by atoms with E-state index in [0.717, 1.165) is 60.8 Å². The van der Waals surface area contributed by atoms with Crippen LogP contribution < -0.4 is 14.2 Å². The van der Waals surface area contributed by atoms with Crippen LogP contribution in [-0.4, -0.2) is 83.4 Å². The van der Waals surface area contributed by atoms with Gasteiger partial charge in [0.1, 0.15) is 29.0 Å². The van der Waals surface area contributed by atoms with Crippen LogP contribution in [0.2, 0.25) is 0 Å². The summed E-state index contributed by atoms with van der Waals surface area (Å²) in [5, 5.41) is 36.2. The molecule has 4 aromatic carbocycles. The van der Waals surface area contributed by atoms with Crippen LogP contribution in [0.25, 0.3) is 11.1 Å². The van der Waals surface area contributed by atoms with Gasteiger partial charge < -0.3 is 43.6 Å². The average molecular weight is 902 g/mol. The van der Waals surface area contributed by atoms with Gasteiger partial charge in [-0.2, -0.15) is 0 Å². The molecule has 7 atom stereocenters. The third kappa shape index (κ3) is 10.2. The Morgan fingerprint density at radius 3 is 2.33 bits per heavy atom. The Hall–Kier alpha value is -6.06. The summed E-state index contributed by atoms with van der Waals surface area (Å²) in [5.41, 5.74) is 4.46. The molecule has 14 heteroatoms. The predicted octanol–water partition coefficient (Wildman–Crippen LogP) is 10.3. The lowest BCUT2D eigenvalue weighted by Gasteiger charge is -2.59. The molecule has 14 nitrogen and oxygen atoms in total. The molecule has 2 fully saturated rings. The number of amides is 1. The first kappa shape index (κ1) is 46.5. The van der Waals surface area contributed by atoms with Crippen molar-refractivity contribution in [3.05, 3.63) is 137 Å². The molecule has 2 aliphatic heterocycles. The van der Waals surface area contributed by atoms with E-state index in [1.165, 1.54) is 29.2 Å². The van der Waals surface area contributed by atoms with Crippen LogP contribution in [0.15, 0.2) is 127 Å². The number of aliphatic hydroxyl groups is 2. The topological polar surface area (TPSA) is 172 Å². The summed E-state index contributed by atoms with van der Waals surface area (Å²) < 4.78 is 32.7. The number of aliphatic hydroxyl groups excluding tert-OH is 2. The quantitative estimate of drug-likeness (QED) is 0.0397. The van der Waals surface area contributed by atoms with Gasteiger partial charge in [-0.3, -0.25) is 10.1 Å². The predicted molar refractivity (Wildman–Crippen MR) is 248 cm³/mol. The van der Waals surface area contributed by atoms with E-state index in [4.69, 9.17) is 33.7 Å². The molecule has 4 aliphatic rings. The van der Waals surface area contributed by atoms with E-state index >= 15 is 0 Å². The van der Waals surface area contributed by atoms with Crippen LogP contribution in [-0.2, 0) is 14.3 Å². The number of hydrogen-bond donors (Lipinski definition) is 2. The number of nitro benzene ring substituents is 1. The zero-order chi connectivity index (χ0) is 46.0. The first-order valence-electron chi connectivity index (χ1n) is 23.1. The van der Waals surface area contributed by atoms with Gasteiger partial charge in [0.05, 0.1) is 29.8 Å². The zero-order valence-electron chi connectivity index (χ0n) is 37.4. The number of benzene rings is 4. The van der Waals surface area contributed by atoms with E-state index in [2.05, 4.69) is 30.9 Å². The number of nitrogens with zero attached hydrogens (tertiary/aromatic N) is 3. The molecule has 2 N–H and O–H groups in total. The molecule has 66 heavy (non-hydrogen) atoms. The monoisotopic (exact) mass is 901 g/mol. The highest BCUT2D eigenvalue weighted by molar-refractivity contribution is 6.03. The number of allylic oxidation sites excluding steroid dienone is 1. The Kier molecular flexibility index (Phi) is 15.1. The number of ether oxygens (including phenoxy) is 5. The SMILES string of the molecule is C=CCO[C@@]12Oc3ccc(Oc4ccc(-c5ccccc5)cc4)cc3[C@H]3[C@H](CCCCO)[C@@H](CCCCO)C=C(C(=NOC4CCCCO4)C[C@@H]1N(C)C(=O)Oc1ccc([N+](=O)[O-])cc1)[C@H]32. The van der Waals surface area contributed by atoms with Gasteiger partial charge in [-0.05, 0) is 110 Å². The zero-order valence-corrected chi connectivity index (χ0v) is 37.4. The van der Waals surface area contributed by atoms with E-state index in [1.54, 1.807) is 13.1 Å². The third-order valence-electron chi connectivity index (χ3n) is 13.3. The number of non-ortho nitro benzene ring substituents is 1. The Bertz CT molecular complexity index is 2350. The minimum Gasteiger partial charge on any atom is -0.459 e. The molecule has 0 radical (unpaired) electrons. The molecule has 348 valence electrons. The van der Waals surface area contributed by atoms with Crippen molar-refractivity contribution in [3.8, 4) is 34.1 Å². The van der Waals surface area contributed by atoms with Gasteiger partial charge in [-0.1, -0.05) is 72.6 Å². The highest BCUT2D eigenvalue weighted by Crippen LogP contribution is 2.62. The van der Waals surface area contributed by atoms with Crippen molar-refractivity contribution in [1.82, 2.24) is 4.90 Å². The summed E-state index contributed by atoms with van der Waals surface area (Å²) in [6.45, 7) is 4.79. The second kappa shape index (κ2) is 21.5. The molecular weight excluding hydrogens is 843 g/mol. The highest BCUT2D eigenvalue weighted by atomic mass is 16.8. The van der Waals surface area contributed by atoms with Crippen molar-refractivity contribution in [2.75, 3.05) is 33.5 Å². The molecule has 1 saturated carbocycles. The maximum absolute atomic E-state index is 14.4. The van der Waals surface area contributed by atoms with Crippen molar-refractivity contribution >= 4 is 17.5 Å². The van der Waals surface area contributed by atoms with Gasteiger partial charge in [-0.15, -0.1) is 6.58 Å². The van der Waals surface area contributed by atoms with Crippen molar-refractivity contribution in [2.24, 2.45) is 22.9 Å². The van der Waals surface area contributed by atoms with Crippen molar-refractivity contribution in [2.45, 2.75) is 88.2 Å². The van der Waals surface area contributed by atoms with Crippen molar-refractivity contribution in [3.63, 3.8) is 0 Å². The average Bonchev–Trinajstić information content (AvgIpc) is 3.34. The molecule has 1 amide bonds. The second-order valence-corrected chi connectivity index (χ2v) is 17.4. The van der Waals surface area contributed by atoms with Crippen molar-refractivity contribution in [1.29, 1.82) is 0 Å². The number of likely N-dealkylation sites (N-methyl/N-ethyl adjacent to an activating group) is 1. The minimum atomic E-state index is -1.51. The van der Waals surface area contributed by atoms with E-state index in [0.29, 0.717) is 48.8 Å². The van der Waals surface area contributed by atoms with Gasteiger partial charge in [0, 0.05) is 56.7 Å². The lowest BCUT2D eigenvalue weighted by molar-refractivity contribution is -0.384. The largest absolute Gasteiger partial charge is 0.459 e. The molecular formula is C52H59N3O11. The molecule has 4 aromatic rings. The maximum atomic E-state index is 14.4. The first-order valence-corrected chi connectivity index (χ1v) is 23.1. The fraction of sp³-hybridized carbons (Fsp3) is 0.423. The Morgan fingerprint density at radius 1 is 0.924 bits per heavy atom. The lowest BCUT2D eigenvalue weighted by Crippen LogP contribution is -2.69. The number of carbonyl (C=O) groups is 1. The standard InChI is InChI=1S/C52H59N3O11/c1-3-30-62-52-47(54(2)51(58)64-40-24-20-38(21-25-40)55(59)60)34-45(53-66-48-17-9-12-31-61-48)43-32-37(15-7-10-28-56)42(16-8-11-29-57)49(50(43)52)44-33-41(26-27-46(44)65-52)63-39-22-18-36(19-23-39)35-13-5-4-6-14-35/h3-6,13-14,18-27,32-33,37,42,47-50,56-57H,1,7-12,15-17,28-31,34H2,2H3/t37-,42+,47-,48?,49+,50+,52+/m0/s1. The molecule has 1 unspecified atom stereocenters. The lowest BCUT2D eigenvalue weighted by atomic mass is 9.55. The summed E-state index contributed by atoms with van der Waals surface area (Å²) in [6, 6.07) is 28.5. The molecule has 0 bridgehead atoms. The maximum Gasteiger partial charge on any atom is 0.415 e. The van der Waals surface area contributed by atoms with Gasteiger partial charge in [0.2, 0.25) is 12.1 Å². The normalized spacial score (nSPS) is 24.8. The number of nitro groups is 1. The molecule has 0 aromatic heterocycles. The van der Waals surface area contributed by atoms with E-state index in [1.807, 2.05) is 54.6 Å². The van der Waals surface area contributed by atoms with E-state index in [-0.39, 0.29) is 55.4 Å².